The normalized spacial score (nSPS) is 11.9. The minimum atomic E-state index is -5.04. The van der Waals surface area contributed by atoms with Gasteiger partial charge in [0.1, 0.15) is 12.4 Å². The molecule has 26 heavy (non-hydrogen) atoms. The van der Waals surface area contributed by atoms with Gasteiger partial charge >= 0.3 is 11.9 Å². The predicted molar refractivity (Wildman–Crippen MR) is 85.6 cm³/mol. The SMILES string of the molecule is CCO/N=C/c1cc(-n2c(=O)cc(C(F)(F)F)n(N)c2=O)c(F)cc1Cl. The molecular formula is C14H11ClF4N4O3. The first-order valence-electron chi connectivity index (χ1n) is 6.94. The van der Waals surface area contributed by atoms with Crippen LogP contribution in [0.5, 0.6) is 0 Å². The Morgan fingerprint density at radius 1 is 1.31 bits per heavy atom. The molecule has 0 saturated heterocycles. The first-order chi connectivity index (χ1) is 12.1. The van der Waals surface area contributed by atoms with Crippen LogP contribution >= 0.6 is 11.6 Å². The molecule has 0 fully saturated rings. The lowest BCUT2D eigenvalue weighted by atomic mass is 10.2. The van der Waals surface area contributed by atoms with Crippen LogP contribution in [-0.2, 0) is 11.0 Å². The number of halogens is 5. The predicted octanol–water partition coefficient (Wildman–Crippen LogP) is 1.89. The number of nitrogen functional groups attached to an aromatic ring is 1. The molecule has 0 amide bonds. The monoisotopic (exact) mass is 394 g/mol. The molecule has 140 valence electrons. The maximum Gasteiger partial charge on any atom is 0.433 e. The van der Waals surface area contributed by atoms with E-state index < -0.39 is 34.6 Å². The summed E-state index contributed by atoms with van der Waals surface area (Å²) in [6.45, 7) is 1.89. The fraction of sp³-hybridized carbons (Fsp3) is 0.214. The maximum absolute atomic E-state index is 14.2. The first kappa shape index (κ1) is 19.5. The zero-order chi connectivity index (χ0) is 19.6. The van der Waals surface area contributed by atoms with Gasteiger partial charge in [-0.2, -0.15) is 13.2 Å². The van der Waals surface area contributed by atoms with Crippen molar-refractivity contribution in [2.45, 2.75) is 13.1 Å². The number of nitrogens with two attached hydrogens (primary N) is 1. The fourth-order valence-corrected chi connectivity index (χ4v) is 2.19. The van der Waals surface area contributed by atoms with Crippen LogP contribution in [0.1, 0.15) is 18.2 Å². The highest BCUT2D eigenvalue weighted by Gasteiger charge is 2.36. The highest BCUT2D eigenvalue weighted by atomic mass is 35.5. The van der Waals surface area contributed by atoms with Crippen LogP contribution in [-0.4, -0.2) is 22.1 Å². The minimum Gasteiger partial charge on any atom is -0.396 e. The molecule has 0 bridgehead atoms. The van der Waals surface area contributed by atoms with Crippen LogP contribution in [0.3, 0.4) is 0 Å². The highest BCUT2D eigenvalue weighted by Crippen LogP contribution is 2.27. The molecule has 1 aromatic carbocycles. The number of rotatable bonds is 4. The average molecular weight is 395 g/mol. The van der Waals surface area contributed by atoms with Gasteiger partial charge in [-0.1, -0.05) is 16.8 Å². The summed E-state index contributed by atoms with van der Waals surface area (Å²) < 4.78 is 52.5. The molecule has 0 saturated carbocycles. The zero-order valence-corrected chi connectivity index (χ0v) is 13.8. The van der Waals surface area contributed by atoms with Crippen molar-refractivity contribution in [3.05, 3.63) is 61.1 Å². The summed E-state index contributed by atoms with van der Waals surface area (Å²) in [5.41, 5.74) is -5.26. The topological polar surface area (TPSA) is 91.6 Å². The van der Waals surface area contributed by atoms with E-state index in [9.17, 15) is 27.2 Å². The van der Waals surface area contributed by atoms with Crippen molar-refractivity contribution in [3.63, 3.8) is 0 Å². The van der Waals surface area contributed by atoms with E-state index in [1.54, 1.807) is 6.92 Å². The lowest BCUT2D eigenvalue weighted by Gasteiger charge is -2.14. The number of alkyl halides is 3. The van der Waals surface area contributed by atoms with E-state index in [-0.39, 0.29) is 32.5 Å². The van der Waals surface area contributed by atoms with Gasteiger partial charge < -0.3 is 10.7 Å². The third-order valence-electron chi connectivity index (χ3n) is 3.13. The van der Waals surface area contributed by atoms with Gasteiger partial charge in [0.15, 0.2) is 5.69 Å². The van der Waals surface area contributed by atoms with E-state index in [4.69, 9.17) is 22.3 Å². The van der Waals surface area contributed by atoms with E-state index in [0.717, 1.165) is 18.3 Å². The molecule has 0 aliphatic heterocycles. The fourth-order valence-electron chi connectivity index (χ4n) is 1.99. The summed E-state index contributed by atoms with van der Waals surface area (Å²) in [5, 5.41) is 3.40. The lowest BCUT2D eigenvalue weighted by molar-refractivity contribution is -0.143. The van der Waals surface area contributed by atoms with Crippen molar-refractivity contribution >= 4 is 17.8 Å². The summed E-state index contributed by atoms with van der Waals surface area (Å²) in [7, 11) is 0. The third-order valence-corrected chi connectivity index (χ3v) is 3.46. The Labute approximate surface area is 147 Å². The number of aromatic nitrogens is 2. The van der Waals surface area contributed by atoms with Crippen molar-refractivity contribution in [2.24, 2.45) is 5.16 Å². The molecule has 2 rings (SSSR count). The van der Waals surface area contributed by atoms with Gasteiger partial charge in [0.05, 0.1) is 16.9 Å². The van der Waals surface area contributed by atoms with E-state index in [0.29, 0.717) is 0 Å². The molecule has 0 aliphatic rings. The van der Waals surface area contributed by atoms with Crippen molar-refractivity contribution in [1.29, 1.82) is 0 Å². The van der Waals surface area contributed by atoms with Crippen molar-refractivity contribution in [3.8, 4) is 5.69 Å². The molecule has 0 atom stereocenters. The molecule has 0 spiro atoms. The third kappa shape index (κ3) is 3.72. The van der Waals surface area contributed by atoms with Crippen LogP contribution in [0, 0.1) is 5.82 Å². The van der Waals surface area contributed by atoms with Gasteiger partial charge in [-0.05, 0) is 19.1 Å². The Bertz CT molecular complexity index is 982. The van der Waals surface area contributed by atoms with E-state index in [1.807, 2.05) is 0 Å². The summed E-state index contributed by atoms with van der Waals surface area (Å²) in [6, 6.07) is 1.81. The second-order valence-corrected chi connectivity index (χ2v) is 5.24. The van der Waals surface area contributed by atoms with Gasteiger partial charge in [0.2, 0.25) is 0 Å². The van der Waals surface area contributed by atoms with E-state index >= 15 is 0 Å². The molecule has 2 aromatic rings. The van der Waals surface area contributed by atoms with Crippen LogP contribution in [0.15, 0.2) is 32.9 Å². The Morgan fingerprint density at radius 2 is 1.96 bits per heavy atom. The van der Waals surface area contributed by atoms with Crippen molar-refractivity contribution in [2.75, 3.05) is 12.4 Å². The molecular weight excluding hydrogens is 384 g/mol. The molecule has 2 N–H and O–H groups in total. The van der Waals surface area contributed by atoms with Crippen LogP contribution < -0.4 is 17.1 Å². The maximum atomic E-state index is 14.2. The Kier molecular flexibility index (Phi) is 5.40. The number of nitrogens with zero attached hydrogens (tertiary/aromatic N) is 3. The van der Waals surface area contributed by atoms with Crippen molar-refractivity contribution < 1.29 is 22.4 Å². The summed E-state index contributed by atoms with van der Waals surface area (Å²) >= 11 is 5.83. The van der Waals surface area contributed by atoms with Gasteiger partial charge in [-0.3, -0.25) is 4.79 Å². The Balaban J connectivity index is 2.73. The van der Waals surface area contributed by atoms with E-state index in [1.165, 1.54) is 0 Å². The van der Waals surface area contributed by atoms with Gasteiger partial charge in [-0.25, -0.2) is 18.4 Å². The van der Waals surface area contributed by atoms with Crippen LogP contribution in [0.4, 0.5) is 17.6 Å². The number of benzene rings is 1. The molecule has 7 nitrogen and oxygen atoms in total. The van der Waals surface area contributed by atoms with Crippen LogP contribution in [0.25, 0.3) is 5.69 Å². The molecule has 0 aliphatic carbocycles. The first-order valence-corrected chi connectivity index (χ1v) is 7.31. The Hall–Kier alpha value is -2.82. The quantitative estimate of drug-likeness (QED) is 0.371. The second-order valence-electron chi connectivity index (χ2n) is 4.83. The van der Waals surface area contributed by atoms with Crippen LogP contribution in [0.2, 0.25) is 5.02 Å². The van der Waals surface area contributed by atoms with Gasteiger partial charge in [0.25, 0.3) is 5.56 Å². The number of hydrogen-bond acceptors (Lipinski definition) is 5. The molecule has 1 aromatic heterocycles. The molecule has 0 radical (unpaired) electrons. The average Bonchev–Trinajstić information content (AvgIpc) is 2.53. The van der Waals surface area contributed by atoms with E-state index in [2.05, 4.69) is 5.16 Å². The molecule has 1 heterocycles. The summed E-state index contributed by atoms with van der Waals surface area (Å²) in [6.07, 6.45) is -3.95. The summed E-state index contributed by atoms with van der Waals surface area (Å²) in [4.78, 5) is 28.8. The second kappa shape index (κ2) is 7.20. The van der Waals surface area contributed by atoms with Gasteiger partial charge in [0, 0.05) is 11.6 Å². The molecule has 0 unspecified atom stereocenters. The minimum absolute atomic E-state index is 0.0614. The lowest BCUT2D eigenvalue weighted by Crippen LogP contribution is -2.45. The molecule has 12 heteroatoms. The van der Waals surface area contributed by atoms with Crippen molar-refractivity contribution in [1.82, 2.24) is 9.24 Å². The largest absolute Gasteiger partial charge is 0.433 e. The number of oxime groups is 1. The summed E-state index contributed by atoms with van der Waals surface area (Å²) in [5.74, 6) is 4.00. The zero-order valence-electron chi connectivity index (χ0n) is 13.1. The smallest absolute Gasteiger partial charge is 0.396 e. The highest BCUT2D eigenvalue weighted by molar-refractivity contribution is 6.33. The Morgan fingerprint density at radius 3 is 2.54 bits per heavy atom. The number of hydrogen-bond donors (Lipinski definition) is 1. The van der Waals surface area contributed by atoms with Gasteiger partial charge in [-0.15, -0.1) is 0 Å². The standard InChI is InChI=1S/C14H11ClF4N4O3/c1-2-26-21-6-7-3-10(9(16)4-8(7)15)22-12(24)5-11(14(17,18)19)23(20)13(22)25/h3-6H,2,20H2,1H3/b21-6+.